The number of rotatable bonds is 6. The third-order valence-electron chi connectivity index (χ3n) is 3.36. The van der Waals surface area contributed by atoms with Crippen LogP contribution in [0.15, 0.2) is 6.33 Å². The summed E-state index contributed by atoms with van der Waals surface area (Å²) in [4.78, 5) is 18.7. The molecule has 0 radical (unpaired) electrons. The number of aromatic nitrogens is 2. The number of hydrogen-bond acceptors (Lipinski definition) is 6. The summed E-state index contributed by atoms with van der Waals surface area (Å²) in [6.07, 6.45) is 7.65. The van der Waals surface area contributed by atoms with Gasteiger partial charge in [-0.3, -0.25) is 10.1 Å². The number of nitro groups is 1. The van der Waals surface area contributed by atoms with E-state index in [0.717, 1.165) is 32.1 Å². The molecule has 7 nitrogen and oxygen atoms in total. The summed E-state index contributed by atoms with van der Waals surface area (Å²) in [7, 11) is 0. The van der Waals surface area contributed by atoms with Gasteiger partial charge >= 0.3 is 5.69 Å². The van der Waals surface area contributed by atoms with Crippen LogP contribution in [0.2, 0.25) is 0 Å². The van der Waals surface area contributed by atoms with E-state index in [2.05, 4.69) is 15.3 Å². The Hall–Kier alpha value is -1.92. The highest BCUT2D eigenvalue weighted by Gasteiger charge is 2.26. The van der Waals surface area contributed by atoms with Gasteiger partial charge in [-0.2, -0.15) is 4.98 Å². The first-order chi connectivity index (χ1) is 9.72. The average molecular weight is 280 g/mol. The van der Waals surface area contributed by atoms with Gasteiger partial charge in [-0.25, -0.2) is 4.98 Å². The molecule has 1 fully saturated rings. The zero-order valence-electron chi connectivity index (χ0n) is 11.7. The van der Waals surface area contributed by atoms with Crippen molar-refractivity contribution in [3.8, 4) is 5.88 Å². The van der Waals surface area contributed by atoms with Crippen LogP contribution in [0.4, 0.5) is 11.5 Å². The molecular formula is C13H20N4O3. The minimum atomic E-state index is -0.476. The van der Waals surface area contributed by atoms with Crippen molar-refractivity contribution in [2.24, 2.45) is 0 Å². The third kappa shape index (κ3) is 3.55. The summed E-state index contributed by atoms with van der Waals surface area (Å²) in [5, 5.41) is 14.4. The lowest BCUT2D eigenvalue weighted by Gasteiger charge is -2.23. The Kier molecular flexibility index (Phi) is 5.09. The van der Waals surface area contributed by atoms with Gasteiger partial charge in [-0.05, 0) is 19.3 Å². The predicted molar refractivity (Wildman–Crippen MR) is 75.0 cm³/mol. The molecule has 0 bridgehead atoms. The van der Waals surface area contributed by atoms with E-state index in [9.17, 15) is 10.1 Å². The molecule has 0 amide bonds. The molecule has 0 unspecified atom stereocenters. The molecule has 2 rings (SSSR count). The lowest BCUT2D eigenvalue weighted by Crippen LogP contribution is -2.23. The van der Waals surface area contributed by atoms with E-state index in [1.165, 1.54) is 12.7 Å². The molecular weight excluding hydrogens is 260 g/mol. The van der Waals surface area contributed by atoms with Crippen molar-refractivity contribution >= 4 is 11.5 Å². The molecule has 1 saturated carbocycles. The Morgan fingerprint density at radius 3 is 2.80 bits per heavy atom. The van der Waals surface area contributed by atoms with Crippen LogP contribution in [0.25, 0.3) is 0 Å². The maximum absolute atomic E-state index is 11.3. The Morgan fingerprint density at radius 1 is 1.40 bits per heavy atom. The summed E-state index contributed by atoms with van der Waals surface area (Å²) in [5.41, 5.74) is -0.161. The maximum atomic E-state index is 11.3. The number of nitrogens with zero attached hydrogens (tertiary/aromatic N) is 3. The molecule has 20 heavy (non-hydrogen) atoms. The van der Waals surface area contributed by atoms with Crippen LogP contribution in [-0.4, -0.2) is 27.5 Å². The molecule has 0 atom stereocenters. The van der Waals surface area contributed by atoms with Crippen molar-refractivity contribution in [1.82, 2.24) is 9.97 Å². The Bertz CT molecular complexity index is 461. The third-order valence-corrected chi connectivity index (χ3v) is 3.36. The average Bonchev–Trinajstić information content (AvgIpc) is 2.46. The highest BCUT2D eigenvalue weighted by molar-refractivity contribution is 5.61. The van der Waals surface area contributed by atoms with Gasteiger partial charge in [-0.1, -0.05) is 26.2 Å². The summed E-state index contributed by atoms with van der Waals surface area (Å²) in [6, 6.07) is 0.247. The lowest BCUT2D eigenvalue weighted by molar-refractivity contribution is -0.385. The van der Waals surface area contributed by atoms with Gasteiger partial charge in [0.2, 0.25) is 5.82 Å². The molecule has 7 heteroatoms. The molecule has 1 aromatic rings. The highest BCUT2D eigenvalue weighted by Crippen LogP contribution is 2.32. The van der Waals surface area contributed by atoms with E-state index in [1.54, 1.807) is 0 Å². The van der Waals surface area contributed by atoms with Gasteiger partial charge in [0.15, 0.2) is 0 Å². The second kappa shape index (κ2) is 7.02. The van der Waals surface area contributed by atoms with Crippen molar-refractivity contribution < 1.29 is 9.66 Å². The summed E-state index contributed by atoms with van der Waals surface area (Å²) in [6.45, 7) is 2.34. The van der Waals surface area contributed by atoms with Gasteiger partial charge in [0, 0.05) is 6.04 Å². The van der Waals surface area contributed by atoms with E-state index in [0.29, 0.717) is 6.61 Å². The van der Waals surface area contributed by atoms with Crippen LogP contribution in [0.3, 0.4) is 0 Å². The molecule has 0 aromatic carbocycles. The first-order valence-corrected chi connectivity index (χ1v) is 7.11. The van der Waals surface area contributed by atoms with Crippen LogP contribution < -0.4 is 10.1 Å². The first kappa shape index (κ1) is 14.5. The van der Waals surface area contributed by atoms with Crippen molar-refractivity contribution in [1.29, 1.82) is 0 Å². The van der Waals surface area contributed by atoms with E-state index < -0.39 is 4.92 Å². The molecule has 1 aromatic heterocycles. The van der Waals surface area contributed by atoms with Gasteiger partial charge in [0.05, 0.1) is 11.5 Å². The number of hydrogen-bond donors (Lipinski definition) is 1. The summed E-state index contributed by atoms with van der Waals surface area (Å²) >= 11 is 0. The van der Waals surface area contributed by atoms with E-state index >= 15 is 0 Å². The van der Waals surface area contributed by atoms with Gasteiger partial charge in [0.1, 0.15) is 6.33 Å². The number of anilines is 1. The van der Waals surface area contributed by atoms with Crippen molar-refractivity contribution in [2.45, 2.75) is 51.5 Å². The van der Waals surface area contributed by atoms with Gasteiger partial charge < -0.3 is 10.1 Å². The smallest absolute Gasteiger partial charge is 0.372 e. The molecule has 1 aliphatic carbocycles. The summed E-state index contributed by atoms with van der Waals surface area (Å²) in [5.74, 6) is 0.313. The van der Waals surface area contributed by atoms with Crippen LogP contribution in [0.1, 0.15) is 45.4 Å². The monoisotopic (exact) mass is 280 g/mol. The van der Waals surface area contributed by atoms with Crippen LogP contribution in [0.5, 0.6) is 5.88 Å². The lowest BCUT2D eigenvalue weighted by atomic mass is 9.95. The molecule has 1 aliphatic rings. The maximum Gasteiger partial charge on any atom is 0.372 e. The fraction of sp³-hybridized carbons (Fsp3) is 0.692. The van der Waals surface area contributed by atoms with E-state index in [-0.39, 0.29) is 23.4 Å². The molecule has 1 heterocycles. The zero-order valence-corrected chi connectivity index (χ0v) is 11.7. The topological polar surface area (TPSA) is 90.2 Å². The highest BCUT2D eigenvalue weighted by atomic mass is 16.6. The van der Waals surface area contributed by atoms with E-state index in [4.69, 9.17) is 4.74 Å². The predicted octanol–water partition coefficient (Wildman–Crippen LogP) is 2.92. The minimum Gasteiger partial charge on any atom is -0.473 e. The van der Waals surface area contributed by atoms with Gasteiger partial charge in [-0.15, -0.1) is 0 Å². The number of nitrogens with one attached hydrogen (secondary N) is 1. The quantitative estimate of drug-likeness (QED) is 0.636. The molecule has 110 valence electrons. The number of ether oxygens (including phenoxy) is 1. The Morgan fingerprint density at radius 2 is 2.15 bits per heavy atom. The molecule has 0 spiro atoms. The Labute approximate surface area is 117 Å². The zero-order chi connectivity index (χ0) is 14.4. The standard InChI is InChI=1S/C13H20N4O3/c1-2-8-20-13-11(17(18)19)12(14-9-15-13)16-10-6-4-3-5-7-10/h9-10H,2-8H2,1H3,(H,14,15,16). The minimum absolute atomic E-state index is 0.0464. The van der Waals surface area contributed by atoms with Crippen molar-refractivity contribution in [3.63, 3.8) is 0 Å². The first-order valence-electron chi connectivity index (χ1n) is 7.11. The summed E-state index contributed by atoms with van der Waals surface area (Å²) < 4.78 is 5.34. The normalized spacial score (nSPS) is 15.8. The van der Waals surface area contributed by atoms with Crippen LogP contribution in [0, 0.1) is 10.1 Å². The molecule has 0 aliphatic heterocycles. The van der Waals surface area contributed by atoms with Crippen molar-refractivity contribution in [3.05, 3.63) is 16.4 Å². The van der Waals surface area contributed by atoms with Crippen LogP contribution in [-0.2, 0) is 0 Å². The van der Waals surface area contributed by atoms with Crippen LogP contribution >= 0.6 is 0 Å². The van der Waals surface area contributed by atoms with E-state index in [1.807, 2.05) is 6.92 Å². The largest absolute Gasteiger partial charge is 0.473 e. The SMILES string of the molecule is CCCOc1ncnc(NC2CCCCC2)c1[N+](=O)[O-]. The second-order valence-corrected chi connectivity index (χ2v) is 4.96. The molecule has 1 N–H and O–H groups in total. The van der Waals surface area contributed by atoms with Crippen molar-refractivity contribution in [2.75, 3.05) is 11.9 Å². The molecule has 0 saturated heterocycles. The van der Waals surface area contributed by atoms with Gasteiger partial charge in [0.25, 0.3) is 5.88 Å². The fourth-order valence-electron chi connectivity index (χ4n) is 2.38. The fourth-order valence-corrected chi connectivity index (χ4v) is 2.38. The second-order valence-electron chi connectivity index (χ2n) is 4.96. The Balaban J connectivity index is 2.19.